The predicted octanol–water partition coefficient (Wildman–Crippen LogP) is 4.68. The third-order valence-corrected chi connectivity index (χ3v) is 6.84. The zero-order valence-corrected chi connectivity index (χ0v) is 16.7. The standard InChI is InChI=1S/C18H23N3O2S2/c1-9(2)24-17-14(12-7-8-12)19-18(25-17)21-15(16(22)23-4)13(10(3)20-21)11-5-6-11/h9,11-12H,5-8H2,1-4H3. The molecule has 0 unspecified atom stereocenters. The van der Waals surface area contributed by atoms with Gasteiger partial charge in [0.05, 0.1) is 22.7 Å². The molecule has 134 valence electrons. The number of aromatic nitrogens is 3. The Hall–Kier alpha value is -1.34. The average Bonchev–Trinajstić information content (AvgIpc) is 3.49. The van der Waals surface area contributed by atoms with Gasteiger partial charge in [-0.25, -0.2) is 9.78 Å². The Balaban J connectivity index is 1.81. The van der Waals surface area contributed by atoms with Gasteiger partial charge in [0, 0.05) is 16.7 Å². The van der Waals surface area contributed by atoms with Crippen molar-refractivity contribution in [3.63, 3.8) is 0 Å². The predicted molar refractivity (Wildman–Crippen MR) is 100 cm³/mol. The highest BCUT2D eigenvalue weighted by atomic mass is 32.2. The highest BCUT2D eigenvalue weighted by Gasteiger charge is 2.36. The number of thioether (sulfide) groups is 1. The smallest absolute Gasteiger partial charge is 0.357 e. The van der Waals surface area contributed by atoms with Crippen molar-refractivity contribution in [2.24, 2.45) is 0 Å². The molecule has 2 heterocycles. The zero-order valence-electron chi connectivity index (χ0n) is 15.0. The molecule has 7 heteroatoms. The Morgan fingerprint density at radius 3 is 2.52 bits per heavy atom. The van der Waals surface area contributed by atoms with Gasteiger partial charge in [-0.2, -0.15) is 9.78 Å². The van der Waals surface area contributed by atoms with Gasteiger partial charge in [-0.1, -0.05) is 25.2 Å². The van der Waals surface area contributed by atoms with Gasteiger partial charge in [-0.05, 0) is 38.5 Å². The van der Waals surface area contributed by atoms with Crippen LogP contribution >= 0.6 is 23.1 Å². The number of rotatable bonds is 6. The second kappa shape index (κ2) is 6.43. The van der Waals surface area contributed by atoms with Gasteiger partial charge in [-0.3, -0.25) is 0 Å². The van der Waals surface area contributed by atoms with E-state index in [0.717, 1.165) is 29.2 Å². The van der Waals surface area contributed by atoms with Crippen LogP contribution in [0.1, 0.15) is 78.8 Å². The molecule has 0 aromatic carbocycles. The number of methoxy groups -OCH3 is 1. The molecular formula is C18H23N3O2S2. The van der Waals surface area contributed by atoms with E-state index in [1.807, 2.05) is 18.7 Å². The van der Waals surface area contributed by atoms with Crippen molar-refractivity contribution < 1.29 is 9.53 Å². The van der Waals surface area contributed by atoms with E-state index in [-0.39, 0.29) is 5.97 Å². The lowest BCUT2D eigenvalue weighted by Gasteiger charge is -2.04. The number of esters is 1. The molecule has 0 bridgehead atoms. The number of hydrogen-bond donors (Lipinski definition) is 0. The Bertz CT molecular complexity index is 817. The molecule has 0 atom stereocenters. The molecule has 0 spiro atoms. The summed E-state index contributed by atoms with van der Waals surface area (Å²) in [5.74, 6) is 0.700. The first kappa shape index (κ1) is 17.1. The van der Waals surface area contributed by atoms with Gasteiger partial charge in [0.25, 0.3) is 0 Å². The largest absolute Gasteiger partial charge is 0.464 e. The Kier molecular flexibility index (Phi) is 4.40. The third-order valence-electron chi connectivity index (χ3n) is 4.57. The first-order chi connectivity index (χ1) is 12.0. The highest BCUT2D eigenvalue weighted by molar-refractivity contribution is 8.01. The summed E-state index contributed by atoms with van der Waals surface area (Å²) >= 11 is 3.51. The first-order valence-electron chi connectivity index (χ1n) is 8.85. The van der Waals surface area contributed by atoms with Crippen LogP contribution < -0.4 is 0 Å². The quantitative estimate of drug-likeness (QED) is 0.540. The molecule has 25 heavy (non-hydrogen) atoms. The molecule has 4 rings (SSSR count). The summed E-state index contributed by atoms with van der Waals surface area (Å²) in [4.78, 5) is 17.4. The van der Waals surface area contributed by atoms with E-state index >= 15 is 0 Å². The summed E-state index contributed by atoms with van der Waals surface area (Å²) in [7, 11) is 1.43. The fourth-order valence-corrected chi connectivity index (χ4v) is 5.74. The van der Waals surface area contributed by atoms with Crippen LogP contribution in [0.5, 0.6) is 0 Å². The molecule has 0 N–H and O–H groups in total. The summed E-state index contributed by atoms with van der Waals surface area (Å²) in [5.41, 5.74) is 3.73. The van der Waals surface area contributed by atoms with Crippen LogP contribution in [-0.2, 0) is 4.74 Å². The van der Waals surface area contributed by atoms with Gasteiger partial charge in [-0.15, -0.1) is 11.8 Å². The normalized spacial score (nSPS) is 17.3. The fourth-order valence-electron chi connectivity index (χ4n) is 3.14. The molecule has 2 aromatic heterocycles. The van der Waals surface area contributed by atoms with Crippen molar-refractivity contribution in [1.29, 1.82) is 0 Å². The molecule has 2 aliphatic carbocycles. The molecule has 2 aromatic rings. The average molecular weight is 378 g/mol. The van der Waals surface area contributed by atoms with Crippen LogP contribution in [0.25, 0.3) is 5.13 Å². The molecule has 2 aliphatic rings. The molecule has 0 radical (unpaired) electrons. The molecule has 0 saturated heterocycles. The van der Waals surface area contributed by atoms with Crippen LogP contribution in [0.3, 0.4) is 0 Å². The van der Waals surface area contributed by atoms with Gasteiger partial charge >= 0.3 is 5.97 Å². The van der Waals surface area contributed by atoms with Crippen molar-refractivity contribution in [2.75, 3.05) is 7.11 Å². The lowest BCUT2D eigenvalue weighted by Crippen LogP contribution is -2.12. The van der Waals surface area contributed by atoms with Crippen molar-refractivity contribution >= 4 is 29.1 Å². The lowest BCUT2D eigenvalue weighted by atomic mass is 10.1. The van der Waals surface area contributed by atoms with Crippen LogP contribution in [0.4, 0.5) is 0 Å². The number of hydrogen-bond acceptors (Lipinski definition) is 6. The van der Waals surface area contributed by atoms with Crippen LogP contribution in [0, 0.1) is 6.92 Å². The second-order valence-corrected chi connectivity index (χ2v) is 9.96. The highest BCUT2D eigenvalue weighted by Crippen LogP contribution is 2.48. The van der Waals surface area contributed by atoms with Gasteiger partial charge in [0.15, 0.2) is 5.69 Å². The fraction of sp³-hybridized carbons (Fsp3) is 0.611. The number of aryl methyl sites for hydroxylation is 1. The lowest BCUT2D eigenvalue weighted by molar-refractivity contribution is 0.0589. The molecule has 0 amide bonds. The summed E-state index contributed by atoms with van der Waals surface area (Å²) in [5, 5.41) is 5.98. The number of thiazole rings is 1. The Morgan fingerprint density at radius 1 is 1.28 bits per heavy atom. The number of carbonyl (C=O) groups excluding carboxylic acids is 1. The third kappa shape index (κ3) is 3.24. The molecule has 2 fully saturated rings. The maximum atomic E-state index is 12.5. The number of carbonyl (C=O) groups is 1. The van der Waals surface area contributed by atoms with Crippen molar-refractivity contribution in [2.45, 2.75) is 67.7 Å². The molecule has 0 aliphatic heterocycles. The van der Waals surface area contributed by atoms with Gasteiger partial charge in [0.2, 0.25) is 5.13 Å². The van der Waals surface area contributed by atoms with E-state index in [1.54, 1.807) is 16.0 Å². The molecular weight excluding hydrogens is 354 g/mol. The number of nitrogens with zero attached hydrogens (tertiary/aromatic N) is 3. The van der Waals surface area contributed by atoms with Crippen molar-refractivity contribution in [3.8, 4) is 5.13 Å². The number of ether oxygens (including phenoxy) is 1. The minimum Gasteiger partial charge on any atom is -0.464 e. The second-order valence-electron chi connectivity index (χ2n) is 7.14. The maximum Gasteiger partial charge on any atom is 0.357 e. The Morgan fingerprint density at radius 2 is 1.96 bits per heavy atom. The monoisotopic (exact) mass is 377 g/mol. The summed E-state index contributed by atoms with van der Waals surface area (Å²) in [6, 6.07) is 0. The van der Waals surface area contributed by atoms with Crippen molar-refractivity contribution in [3.05, 3.63) is 22.6 Å². The van der Waals surface area contributed by atoms with Crippen LogP contribution in [0.2, 0.25) is 0 Å². The minimum atomic E-state index is -0.316. The first-order valence-corrected chi connectivity index (χ1v) is 10.5. The summed E-state index contributed by atoms with van der Waals surface area (Å²) in [6.45, 7) is 6.38. The molecule has 5 nitrogen and oxygen atoms in total. The van der Waals surface area contributed by atoms with E-state index in [1.165, 1.54) is 29.9 Å². The summed E-state index contributed by atoms with van der Waals surface area (Å²) in [6.07, 6.45) is 4.67. The topological polar surface area (TPSA) is 57.0 Å². The van der Waals surface area contributed by atoms with Gasteiger partial charge < -0.3 is 4.74 Å². The summed E-state index contributed by atoms with van der Waals surface area (Å²) < 4.78 is 8.06. The molecule has 2 saturated carbocycles. The van der Waals surface area contributed by atoms with Gasteiger partial charge in [0.1, 0.15) is 0 Å². The van der Waals surface area contributed by atoms with Crippen LogP contribution in [0.15, 0.2) is 4.21 Å². The zero-order chi connectivity index (χ0) is 17.7. The maximum absolute atomic E-state index is 12.5. The van der Waals surface area contributed by atoms with Crippen LogP contribution in [-0.4, -0.2) is 33.1 Å². The van der Waals surface area contributed by atoms with E-state index in [0.29, 0.717) is 22.8 Å². The van der Waals surface area contributed by atoms with E-state index in [9.17, 15) is 4.79 Å². The van der Waals surface area contributed by atoms with E-state index in [2.05, 4.69) is 18.9 Å². The minimum absolute atomic E-state index is 0.316. The SMILES string of the molecule is COC(=O)c1c(C2CC2)c(C)nn1-c1nc(C2CC2)c(SC(C)C)s1. The van der Waals surface area contributed by atoms with E-state index < -0.39 is 0 Å². The van der Waals surface area contributed by atoms with E-state index in [4.69, 9.17) is 9.72 Å². The van der Waals surface area contributed by atoms with Crippen molar-refractivity contribution in [1.82, 2.24) is 14.8 Å². The Labute approximate surface area is 156 Å².